The maximum atomic E-state index is 5.31. The molecule has 0 radical (unpaired) electrons. The predicted octanol–water partition coefficient (Wildman–Crippen LogP) is 2.96. The van der Waals surface area contributed by atoms with Crippen LogP contribution in [0.15, 0.2) is 54.6 Å². The zero-order valence-electron chi connectivity index (χ0n) is 13.2. The van der Waals surface area contributed by atoms with Gasteiger partial charge in [0, 0.05) is 32.9 Å². The van der Waals surface area contributed by atoms with E-state index in [0.29, 0.717) is 5.11 Å². The summed E-state index contributed by atoms with van der Waals surface area (Å²) in [5.41, 5.74) is 3.74. The SMILES string of the molecule is CN(C)c1ccc(CNC(=S)NCCc2ccccc2)cc1. The van der Waals surface area contributed by atoms with E-state index in [1.165, 1.54) is 16.8 Å². The van der Waals surface area contributed by atoms with Crippen LogP contribution in [0.25, 0.3) is 0 Å². The Balaban J connectivity index is 1.69. The van der Waals surface area contributed by atoms with Crippen LogP contribution in [0.2, 0.25) is 0 Å². The minimum Gasteiger partial charge on any atom is -0.378 e. The fourth-order valence-corrected chi connectivity index (χ4v) is 2.30. The number of rotatable bonds is 6. The minimum absolute atomic E-state index is 0.701. The van der Waals surface area contributed by atoms with Crippen LogP contribution >= 0.6 is 12.2 Å². The van der Waals surface area contributed by atoms with Gasteiger partial charge < -0.3 is 15.5 Å². The van der Waals surface area contributed by atoms with Gasteiger partial charge in [0.1, 0.15) is 0 Å². The molecular formula is C18H23N3S. The summed E-state index contributed by atoms with van der Waals surface area (Å²) < 4.78 is 0. The lowest BCUT2D eigenvalue weighted by atomic mass is 10.1. The first kappa shape index (κ1) is 16.3. The molecule has 2 aromatic carbocycles. The lowest BCUT2D eigenvalue weighted by Crippen LogP contribution is -2.35. The van der Waals surface area contributed by atoms with Crippen molar-refractivity contribution >= 4 is 23.0 Å². The summed E-state index contributed by atoms with van der Waals surface area (Å²) >= 11 is 5.31. The number of nitrogens with zero attached hydrogens (tertiary/aromatic N) is 1. The van der Waals surface area contributed by atoms with Crippen molar-refractivity contribution in [1.82, 2.24) is 10.6 Å². The number of anilines is 1. The fourth-order valence-electron chi connectivity index (χ4n) is 2.12. The average molecular weight is 313 g/mol. The van der Waals surface area contributed by atoms with Gasteiger partial charge in [-0.2, -0.15) is 0 Å². The third-order valence-electron chi connectivity index (χ3n) is 3.45. The van der Waals surface area contributed by atoms with Gasteiger partial charge in [-0.25, -0.2) is 0 Å². The standard InChI is InChI=1S/C18H23N3S/c1-21(2)17-10-8-16(9-11-17)14-20-18(22)19-13-12-15-6-4-3-5-7-15/h3-11H,12-14H2,1-2H3,(H2,19,20,22). The van der Waals surface area contributed by atoms with E-state index in [4.69, 9.17) is 12.2 Å². The predicted molar refractivity (Wildman–Crippen MR) is 98.4 cm³/mol. The van der Waals surface area contributed by atoms with Crippen LogP contribution in [-0.4, -0.2) is 25.8 Å². The summed E-state index contributed by atoms with van der Waals surface area (Å²) in [6.07, 6.45) is 0.972. The molecule has 2 rings (SSSR count). The molecule has 0 heterocycles. The summed E-state index contributed by atoms with van der Waals surface area (Å²) in [7, 11) is 4.08. The third-order valence-corrected chi connectivity index (χ3v) is 3.74. The van der Waals surface area contributed by atoms with Crippen LogP contribution in [0.3, 0.4) is 0 Å². The summed E-state index contributed by atoms with van der Waals surface area (Å²) in [5, 5.41) is 7.19. The van der Waals surface area contributed by atoms with Gasteiger partial charge in [0.05, 0.1) is 0 Å². The Kier molecular flexibility index (Phi) is 6.22. The number of thiocarbonyl (C=S) groups is 1. The number of nitrogens with one attached hydrogen (secondary N) is 2. The van der Waals surface area contributed by atoms with E-state index in [1.54, 1.807) is 0 Å². The molecule has 0 spiro atoms. The van der Waals surface area contributed by atoms with Crippen LogP contribution in [0.1, 0.15) is 11.1 Å². The van der Waals surface area contributed by atoms with E-state index in [1.807, 2.05) is 20.2 Å². The fraction of sp³-hybridized carbons (Fsp3) is 0.278. The molecule has 0 fully saturated rings. The summed E-state index contributed by atoms with van der Waals surface area (Å²) in [6.45, 7) is 1.58. The van der Waals surface area contributed by atoms with Gasteiger partial charge in [0.15, 0.2) is 5.11 Å². The molecule has 4 heteroatoms. The van der Waals surface area contributed by atoms with Crippen molar-refractivity contribution < 1.29 is 0 Å². The highest BCUT2D eigenvalue weighted by Crippen LogP contribution is 2.11. The highest BCUT2D eigenvalue weighted by Gasteiger charge is 1.99. The van der Waals surface area contributed by atoms with E-state index in [9.17, 15) is 0 Å². The van der Waals surface area contributed by atoms with Gasteiger partial charge in [-0.1, -0.05) is 42.5 Å². The van der Waals surface area contributed by atoms with Crippen molar-refractivity contribution in [3.05, 3.63) is 65.7 Å². The topological polar surface area (TPSA) is 27.3 Å². The molecule has 0 saturated heterocycles. The Morgan fingerprint density at radius 3 is 2.23 bits per heavy atom. The Morgan fingerprint density at radius 1 is 0.909 bits per heavy atom. The summed E-state index contributed by atoms with van der Waals surface area (Å²) in [6, 6.07) is 18.9. The van der Waals surface area contributed by atoms with Crippen LogP contribution in [-0.2, 0) is 13.0 Å². The van der Waals surface area contributed by atoms with Gasteiger partial charge in [-0.15, -0.1) is 0 Å². The lowest BCUT2D eigenvalue weighted by molar-refractivity contribution is 0.814. The quantitative estimate of drug-likeness (QED) is 0.802. The normalized spacial score (nSPS) is 10.1. The maximum Gasteiger partial charge on any atom is 0.166 e. The molecule has 0 aliphatic heterocycles. The third kappa shape index (κ3) is 5.37. The van der Waals surface area contributed by atoms with Crippen LogP contribution in [0, 0.1) is 0 Å². The van der Waals surface area contributed by atoms with Gasteiger partial charge in [0.2, 0.25) is 0 Å². The highest BCUT2D eigenvalue weighted by molar-refractivity contribution is 7.80. The number of hydrogen-bond donors (Lipinski definition) is 2. The number of hydrogen-bond acceptors (Lipinski definition) is 2. The molecule has 22 heavy (non-hydrogen) atoms. The first-order valence-electron chi connectivity index (χ1n) is 7.47. The molecule has 0 saturated carbocycles. The Bertz CT molecular complexity index is 579. The second kappa shape index (κ2) is 8.39. The van der Waals surface area contributed by atoms with Crippen molar-refractivity contribution in [2.75, 3.05) is 25.5 Å². The molecule has 0 atom stereocenters. The molecule has 2 N–H and O–H groups in total. The van der Waals surface area contributed by atoms with Gasteiger partial charge >= 0.3 is 0 Å². The maximum absolute atomic E-state index is 5.31. The second-order valence-electron chi connectivity index (χ2n) is 5.41. The Morgan fingerprint density at radius 2 is 1.59 bits per heavy atom. The first-order chi connectivity index (χ1) is 10.6. The van der Waals surface area contributed by atoms with Crippen molar-refractivity contribution in [2.45, 2.75) is 13.0 Å². The smallest absolute Gasteiger partial charge is 0.166 e. The van der Waals surface area contributed by atoms with Crippen molar-refractivity contribution in [3.8, 4) is 0 Å². The van der Waals surface area contributed by atoms with Gasteiger partial charge in [0.25, 0.3) is 0 Å². The van der Waals surface area contributed by atoms with E-state index in [2.05, 4.69) is 64.1 Å². The van der Waals surface area contributed by atoms with Crippen LogP contribution in [0.5, 0.6) is 0 Å². The molecule has 3 nitrogen and oxygen atoms in total. The summed E-state index contributed by atoms with van der Waals surface area (Å²) in [4.78, 5) is 2.09. The molecule has 0 aromatic heterocycles. The lowest BCUT2D eigenvalue weighted by Gasteiger charge is -2.14. The number of benzene rings is 2. The zero-order valence-corrected chi connectivity index (χ0v) is 14.0. The second-order valence-corrected chi connectivity index (χ2v) is 5.81. The highest BCUT2D eigenvalue weighted by atomic mass is 32.1. The van der Waals surface area contributed by atoms with E-state index in [0.717, 1.165) is 19.5 Å². The molecule has 0 amide bonds. The molecular weight excluding hydrogens is 290 g/mol. The average Bonchev–Trinajstić information content (AvgIpc) is 2.54. The first-order valence-corrected chi connectivity index (χ1v) is 7.88. The molecule has 116 valence electrons. The molecule has 0 aliphatic carbocycles. The minimum atomic E-state index is 0.701. The van der Waals surface area contributed by atoms with E-state index < -0.39 is 0 Å². The zero-order chi connectivity index (χ0) is 15.8. The largest absolute Gasteiger partial charge is 0.378 e. The Hall–Kier alpha value is -2.07. The molecule has 0 bridgehead atoms. The molecule has 0 unspecified atom stereocenters. The van der Waals surface area contributed by atoms with Crippen molar-refractivity contribution in [1.29, 1.82) is 0 Å². The molecule has 0 aliphatic rings. The van der Waals surface area contributed by atoms with Gasteiger partial charge in [-0.05, 0) is 41.9 Å². The van der Waals surface area contributed by atoms with E-state index >= 15 is 0 Å². The van der Waals surface area contributed by atoms with E-state index in [-0.39, 0.29) is 0 Å². The molecule has 2 aromatic rings. The summed E-state index contributed by atoms with van der Waals surface area (Å²) in [5.74, 6) is 0. The Labute approximate surface area is 138 Å². The van der Waals surface area contributed by atoms with Crippen molar-refractivity contribution in [2.24, 2.45) is 0 Å². The van der Waals surface area contributed by atoms with Crippen molar-refractivity contribution in [3.63, 3.8) is 0 Å². The van der Waals surface area contributed by atoms with Crippen LogP contribution < -0.4 is 15.5 Å². The van der Waals surface area contributed by atoms with Gasteiger partial charge in [-0.3, -0.25) is 0 Å². The van der Waals surface area contributed by atoms with Crippen LogP contribution in [0.4, 0.5) is 5.69 Å². The monoisotopic (exact) mass is 313 g/mol.